The molecule has 4 heterocycles. The number of pyridine rings is 2. The number of hydrogen-bond acceptors (Lipinski definition) is 7. The van der Waals surface area contributed by atoms with E-state index in [-0.39, 0.29) is 62.9 Å². The summed E-state index contributed by atoms with van der Waals surface area (Å²) in [5.74, 6) is 0. The van der Waals surface area contributed by atoms with Crippen LogP contribution in [0.5, 0.6) is 0 Å². The summed E-state index contributed by atoms with van der Waals surface area (Å²) in [6, 6.07) is 3.46. The SMILES string of the molecule is Cl.FC(F)(F)c1ccc([C@H]2CN(C[C@H](O[C@@H](CN3CCO[C@@H](c4ccc(C(F)(F)F)nc4)C3)C(F)(F)F)C(F)(F)F)CCO2)cn1. The van der Waals surface area contributed by atoms with Crippen LogP contribution in [0.4, 0.5) is 52.7 Å². The lowest BCUT2D eigenvalue weighted by molar-refractivity contribution is -0.292. The predicted octanol–water partition coefficient (Wildman–Crippen LogP) is 6.26. The van der Waals surface area contributed by atoms with E-state index in [4.69, 9.17) is 9.47 Å². The normalized spacial score (nSPS) is 22.3. The third-order valence-electron chi connectivity index (χ3n) is 7.11. The molecule has 2 aliphatic heterocycles. The van der Waals surface area contributed by atoms with E-state index in [0.29, 0.717) is 12.1 Å². The Morgan fingerprint density at radius 2 is 1.02 bits per heavy atom. The lowest BCUT2D eigenvalue weighted by Crippen LogP contribution is -2.53. The van der Waals surface area contributed by atoms with Gasteiger partial charge < -0.3 is 14.2 Å². The van der Waals surface area contributed by atoms with Crippen LogP contribution >= 0.6 is 12.4 Å². The Hall–Kier alpha value is -2.45. The van der Waals surface area contributed by atoms with Crippen LogP contribution in [0.2, 0.25) is 0 Å². The number of hydrogen-bond donors (Lipinski definition) is 0. The quantitative estimate of drug-likeness (QED) is 0.301. The van der Waals surface area contributed by atoms with E-state index in [0.717, 1.165) is 34.3 Å². The maximum absolute atomic E-state index is 14.0. The van der Waals surface area contributed by atoms with E-state index in [1.165, 1.54) is 0 Å². The lowest BCUT2D eigenvalue weighted by Gasteiger charge is -2.38. The predicted molar refractivity (Wildman–Crippen MR) is 137 cm³/mol. The van der Waals surface area contributed by atoms with Crippen LogP contribution in [0.3, 0.4) is 0 Å². The molecule has 0 radical (unpaired) electrons. The second kappa shape index (κ2) is 14.8. The number of rotatable bonds is 8. The van der Waals surface area contributed by atoms with Gasteiger partial charge in [0.05, 0.1) is 25.4 Å². The van der Waals surface area contributed by atoms with Crippen molar-refractivity contribution in [3.8, 4) is 0 Å². The molecule has 2 aromatic rings. The number of nitrogens with zero attached hydrogens (tertiary/aromatic N) is 4. The molecule has 0 spiro atoms. The van der Waals surface area contributed by atoms with E-state index in [9.17, 15) is 52.7 Å². The minimum Gasteiger partial charge on any atom is -0.371 e. The fourth-order valence-electron chi connectivity index (χ4n) is 4.78. The Morgan fingerprint density at radius 3 is 1.30 bits per heavy atom. The van der Waals surface area contributed by atoms with E-state index in [1.54, 1.807) is 0 Å². The molecule has 0 amide bonds. The Morgan fingerprint density at radius 1 is 0.652 bits per heavy atom. The average Bonchev–Trinajstić information content (AvgIpc) is 2.95. The number of halogens is 13. The van der Waals surface area contributed by atoms with Gasteiger partial charge in [-0.3, -0.25) is 19.8 Å². The average molecular weight is 707 g/mol. The van der Waals surface area contributed by atoms with Crippen molar-refractivity contribution in [2.75, 3.05) is 52.5 Å². The molecule has 2 saturated heterocycles. The molecule has 20 heteroatoms. The summed E-state index contributed by atoms with van der Waals surface area (Å²) in [7, 11) is 0. The highest BCUT2D eigenvalue weighted by molar-refractivity contribution is 5.85. The van der Waals surface area contributed by atoms with Crippen molar-refractivity contribution in [2.24, 2.45) is 0 Å². The third kappa shape index (κ3) is 10.3. The van der Waals surface area contributed by atoms with Gasteiger partial charge in [-0.05, 0) is 12.1 Å². The Bertz CT molecular complexity index is 1150. The van der Waals surface area contributed by atoms with Gasteiger partial charge >= 0.3 is 24.7 Å². The third-order valence-corrected chi connectivity index (χ3v) is 7.11. The molecule has 260 valence electrons. The Balaban J connectivity index is 0.00000576. The van der Waals surface area contributed by atoms with E-state index >= 15 is 0 Å². The first kappa shape index (κ1) is 38.0. The molecule has 0 N–H and O–H groups in total. The largest absolute Gasteiger partial charge is 0.433 e. The van der Waals surface area contributed by atoms with Crippen molar-refractivity contribution in [3.63, 3.8) is 0 Å². The second-order valence-corrected chi connectivity index (χ2v) is 10.4. The molecular weight excluding hydrogens is 680 g/mol. The summed E-state index contributed by atoms with van der Waals surface area (Å²) in [4.78, 5) is 8.87. The van der Waals surface area contributed by atoms with Crippen LogP contribution in [-0.4, -0.2) is 96.8 Å². The van der Waals surface area contributed by atoms with E-state index in [1.807, 2.05) is 0 Å². The Labute approximate surface area is 260 Å². The van der Waals surface area contributed by atoms with Crippen molar-refractivity contribution in [1.29, 1.82) is 0 Å². The summed E-state index contributed by atoms with van der Waals surface area (Å²) in [5, 5.41) is 0. The molecule has 2 aromatic heterocycles. The number of alkyl halides is 12. The van der Waals surface area contributed by atoms with Crippen LogP contribution in [0, 0.1) is 0 Å². The summed E-state index contributed by atoms with van der Waals surface area (Å²) in [6.07, 6.45) is -25.9. The summed E-state index contributed by atoms with van der Waals surface area (Å²) < 4.78 is 176. The zero-order valence-electron chi connectivity index (χ0n) is 23.4. The molecule has 2 aliphatic rings. The van der Waals surface area contributed by atoms with Gasteiger partial charge in [0, 0.05) is 62.8 Å². The maximum atomic E-state index is 14.0. The van der Waals surface area contributed by atoms with Crippen molar-refractivity contribution < 1.29 is 66.9 Å². The first-order valence-electron chi connectivity index (χ1n) is 13.3. The molecular formula is C26H27ClF12N4O3. The van der Waals surface area contributed by atoms with Gasteiger partial charge in [-0.2, -0.15) is 52.7 Å². The lowest BCUT2D eigenvalue weighted by atomic mass is 10.1. The molecule has 0 bridgehead atoms. The van der Waals surface area contributed by atoms with Crippen molar-refractivity contribution in [1.82, 2.24) is 19.8 Å². The van der Waals surface area contributed by atoms with Crippen molar-refractivity contribution >= 4 is 12.4 Å². The number of ether oxygens (including phenoxy) is 3. The monoisotopic (exact) mass is 706 g/mol. The van der Waals surface area contributed by atoms with Crippen molar-refractivity contribution in [2.45, 2.75) is 49.1 Å². The molecule has 4 atom stereocenters. The fraction of sp³-hybridized carbons (Fsp3) is 0.615. The zero-order valence-corrected chi connectivity index (χ0v) is 24.2. The molecule has 4 rings (SSSR count). The van der Waals surface area contributed by atoms with Gasteiger partial charge in [0.2, 0.25) is 0 Å². The standard InChI is InChI=1S/C26H26F12N4O3.ClH/c27-23(28,29)19-3-1-15(9-39-19)17-11-41(5-7-43-17)13-21(25(33,34)35)45-22(26(36,37)38)14-42-6-8-44-18(12-42)16-2-4-20(40-10-16)24(30,31)32;/h1-4,9-10,17-18,21-22H,5-8,11-14H2;1H/t17-,18-,21+,22+;/m1./s1. The Kier molecular flexibility index (Phi) is 12.2. The summed E-state index contributed by atoms with van der Waals surface area (Å²) >= 11 is 0. The topological polar surface area (TPSA) is 60.0 Å². The number of morpholine rings is 2. The first-order valence-corrected chi connectivity index (χ1v) is 13.3. The molecule has 0 saturated carbocycles. The van der Waals surface area contributed by atoms with Gasteiger partial charge in [-0.25, -0.2) is 0 Å². The molecule has 46 heavy (non-hydrogen) atoms. The van der Waals surface area contributed by atoms with Gasteiger partial charge in [0.15, 0.2) is 12.2 Å². The molecule has 2 fully saturated rings. The highest BCUT2D eigenvalue weighted by Gasteiger charge is 2.50. The van der Waals surface area contributed by atoms with Crippen LogP contribution < -0.4 is 0 Å². The van der Waals surface area contributed by atoms with Crippen LogP contribution in [0.25, 0.3) is 0 Å². The molecule has 7 nitrogen and oxygen atoms in total. The van der Waals surface area contributed by atoms with Gasteiger partial charge in [0.25, 0.3) is 0 Å². The molecule has 0 aliphatic carbocycles. The fourth-order valence-corrected chi connectivity index (χ4v) is 4.78. The smallest absolute Gasteiger partial charge is 0.371 e. The zero-order chi connectivity index (χ0) is 33.2. The minimum absolute atomic E-state index is 0. The first-order chi connectivity index (χ1) is 20.8. The van der Waals surface area contributed by atoms with Crippen LogP contribution in [0.1, 0.15) is 34.7 Å². The summed E-state index contributed by atoms with van der Waals surface area (Å²) in [5.41, 5.74) is -2.11. The highest BCUT2D eigenvalue weighted by Crippen LogP contribution is 2.34. The molecule has 0 aromatic carbocycles. The second-order valence-electron chi connectivity index (χ2n) is 10.4. The van der Waals surface area contributed by atoms with Gasteiger partial charge in [-0.15, -0.1) is 12.4 Å². The van der Waals surface area contributed by atoms with Gasteiger partial charge in [-0.1, -0.05) is 12.1 Å². The highest BCUT2D eigenvalue weighted by atomic mass is 35.5. The minimum atomic E-state index is -5.23. The van der Waals surface area contributed by atoms with Gasteiger partial charge in [0.1, 0.15) is 11.4 Å². The van der Waals surface area contributed by atoms with Crippen LogP contribution in [0.15, 0.2) is 36.7 Å². The van der Waals surface area contributed by atoms with E-state index in [2.05, 4.69) is 14.7 Å². The maximum Gasteiger partial charge on any atom is 0.433 e. The van der Waals surface area contributed by atoms with Crippen LogP contribution in [-0.2, 0) is 26.6 Å². The van der Waals surface area contributed by atoms with Crippen molar-refractivity contribution in [3.05, 3.63) is 59.2 Å². The van der Waals surface area contributed by atoms with E-state index < -0.39 is 73.6 Å². The number of aromatic nitrogens is 2. The summed E-state index contributed by atoms with van der Waals surface area (Å²) in [6.45, 7) is -3.18. The molecule has 0 unspecified atom stereocenters.